The van der Waals surface area contributed by atoms with Crippen LogP contribution in [0.4, 0.5) is 0 Å². The molecule has 42 heavy (non-hydrogen) atoms. The van der Waals surface area contributed by atoms with Gasteiger partial charge in [-0.3, -0.25) is 19.4 Å². The minimum absolute atomic E-state index is 0.144. The summed E-state index contributed by atoms with van der Waals surface area (Å²) in [6.45, 7) is 7.73. The van der Waals surface area contributed by atoms with Crippen molar-refractivity contribution in [2.75, 3.05) is 39.3 Å². The molecule has 5 nitrogen and oxygen atoms in total. The number of piperidine rings is 2. The summed E-state index contributed by atoms with van der Waals surface area (Å²) in [7, 11) is 0. The number of rotatable bonds is 9. The fraction of sp³-hybridized carbons (Fsp3) is 0.389. The average Bonchev–Trinajstić information content (AvgIpc) is 3.01. The van der Waals surface area contributed by atoms with Crippen molar-refractivity contribution in [3.8, 4) is 0 Å². The molecule has 0 saturated carbocycles. The Morgan fingerprint density at radius 1 is 0.833 bits per heavy atom. The van der Waals surface area contributed by atoms with Crippen LogP contribution in [0.2, 0.25) is 0 Å². The van der Waals surface area contributed by atoms with E-state index in [0.717, 1.165) is 45.4 Å². The molecule has 0 aliphatic carbocycles. The van der Waals surface area contributed by atoms with Crippen LogP contribution in [0.3, 0.4) is 0 Å². The number of benzene rings is 3. The zero-order valence-corrected chi connectivity index (χ0v) is 25.6. The summed E-state index contributed by atoms with van der Waals surface area (Å²) in [5.74, 6) is 0.280. The molecule has 5 rings (SSSR count). The van der Waals surface area contributed by atoms with Gasteiger partial charge in [0.05, 0.1) is 18.7 Å². The Bertz CT molecular complexity index is 1240. The predicted molar refractivity (Wildman–Crippen MR) is 171 cm³/mol. The fourth-order valence-corrected chi connectivity index (χ4v) is 7.62. The van der Waals surface area contributed by atoms with Gasteiger partial charge in [0.15, 0.2) is 5.12 Å². The number of likely N-dealkylation sites (tertiary alicyclic amines) is 2. The summed E-state index contributed by atoms with van der Waals surface area (Å²) in [5.41, 5.74) is 4.60. The summed E-state index contributed by atoms with van der Waals surface area (Å²) in [4.78, 5) is 29.2. The lowest BCUT2D eigenvalue weighted by molar-refractivity contribution is -0.144. The number of carbonyl (C=O) groups excluding carboxylic acids is 2. The third-order valence-electron chi connectivity index (χ3n) is 8.55. The van der Waals surface area contributed by atoms with Crippen LogP contribution in [-0.4, -0.2) is 65.5 Å². The Hall–Kier alpha value is -3.19. The van der Waals surface area contributed by atoms with E-state index in [1.54, 1.807) is 6.92 Å². The highest BCUT2D eigenvalue weighted by molar-refractivity contribution is 8.14. The number of ether oxygens (including phenoxy) is 1. The molecule has 2 heterocycles. The van der Waals surface area contributed by atoms with E-state index in [9.17, 15) is 9.59 Å². The van der Waals surface area contributed by atoms with Crippen LogP contribution in [0.15, 0.2) is 103 Å². The molecular weight excluding hydrogens is 540 g/mol. The third-order valence-corrected chi connectivity index (χ3v) is 9.70. The molecule has 220 valence electrons. The summed E-state index contributed by atoms with van der Waals surface area (Å²) in [5, 5.41) is 0.348. The minimum Gasteiger partial charge on any atom is -0.465 e. The number of hydrogen-bond acceptors (Lipinski definition) is 6. The van der Waals surface area contributed by atoms with Crippen LogP contribution in [0, 0.1) is 5.92 Å². The zero-order chi connectivity index (χ0) is 29.4. The Kier molecular flexibility index (Phi) is 10.3. The van der Waals surface area contributed by atoms with Crippen molar-refractivity contribution < 1.29 is 14.3 Å². The van der Waals surface area contributed by atoms with Crippen molar-refractivity contribution in [1.82, 2.24) is 9.80 Å². The van der Waals surface area contributed by atoms with Crippen molar-refractivity contribution in [3.05, 3.63) is 119 Å². The number of nitrogens with zero attached hydrogens (tertiary/aromatic N) is 2. The number of allylic oxidation sites excluding steroid dienone is 1. The van der Waals surface area contributed by atoms with Gasteiger partial charge in [0.2, 0.25) is 0 Å². The standard InChI is InChI=1S/C36H42N2O3S/c1-3-41-35(40)27-37-22-19-29(20-23-37)25-30-26-38(24-21-34(30)42-28(2)39)36(31-13-7-4-8-14-31,32-15-9-5-10-16-32)33-17-11-6-12-18-33/h4-18,25,29,34H,3,19-24,26-27H2,1-2H3/b30-25+. The maximum absolute atomic E-state index is 12.4. The lowest BCUT2D eigenvalue weighted by Crippen LogP contribution is -2.52. The normalized spacial score (nSPS) is 20.0. The Morgan fingerprint density at radius 2 is 1.36 bits per heavy atom. The van der Waals surface area contributed by atoms with E-state index in [1.807, 2.05) is 6.92 Å². The first kappa shape index (κ1) is 30.3. The molecule has 0 N–H and O–H groups in total. The van der Waals surface area contributed by atoms with Crippen LogP contribution in [0.5, 0.6) is 0 Å². The first-order valence-corrected chi connectivity index (χ1v) is 16.1. The minimum atomic E-state index is -0.474. The van der Waals surface area contributed by atoms with Crippen LogP contribution in [-0.2, 0) is 19.9 Å². The summed E-state index contributed by atoms with van der Waals surface area (Å²) in [6, 6.07) is 32.5. The lowest BCUT2D eigenvalue weighted by Gasteiger charge is -2.49. The van der Waals surface area contributed by atoms with Gasteiger partial charge in [0, 0.05) is 25.3 Å². The first-order chi connectivity index (χ1) is 20.5. The van der Waals surface area contributed by atoms with Gasteiger partial charge >= 0.3 is 5.97 Å². The van der Waals surface area contributed by atoms with Crippen LogP contribution in [0.25, 0.3) is 0 Å². The Labute approximate surface area is 254 Å². The number of hydrogen-bond donors (Lipinski definition) is 0. The molecule has 0 bridgehead atoms. The van der Waals surface area contributed by atoms with Crippen LogP contribution in [0.1, 0.15) is 49.8 Å². The number of esters is 1. The molecule has 1 unspecified atom stereocenters. The molecule has 2 aliphatic heterocycles. The van der Waals surface area contributed by atoms with E-state index in [2.05, 4.69) is 107 Å². The molecule has 3 aromatic rings. The Balaban J connectivity index is 1.50. The first-order valence-electron chi connectivity index (χ1n) is 15.2. The monoisotopic (exact) mass is 582 g/mol. The predicted octanol–water partition coefficient (Wildman–Crippen LogP) is 6.53. The number of carbonyl (C=O) groups is 2. The van der Waals surface area contributed by atoms with Crippen molar-refractivity contribution in [2.24, 2.45) is 5.92 Å². The summed E-state index contributed by atoms with van der Waals surface area (Å²) in [6.07, 6.45) is 5.38. The van der Waals surface area contributed by atoms with Gasteiger partial charge in [0.1, 0.15) is 0 Å². The summed E-state index contributed by atoms with van der Waals surface area (Å²) >= 11 is 1.48. The van der Waals surface area contributed by atoms with E-state index in [0.29, 0.717) is 19.1 Å². The van der Waals surface area contributed by atoms with E-state index >= 15 is 0 Å². The van der Waals surface area contributed by atoms with E-state index < -0.39 is 5.54 Å². The molecule has 2 saturated heterocycles. The van der Waals surface area contributed by atoms with Crippen LogP contribution < -0.4 is 0 Å². The second kappa shape index (κ2) is 14.3. The largest absolute Gasteiger partial charge is 0.465 e. The van der Waals surface area contributed by atoms with Gasteiger partial charge in [0.25, 0.3) is 0 Å². The quantitative estimate of drug-likeness (QED) is 0.162. The van der Waals surface area contributed by atoms with E-state index in [4.69, 9.17) is 4.74 Å². The molecule has 3 aromatic carbocycles. The SMILES string of the molecule is CCOC(=O)CN1CCC(/C=C2\CN(C(c3ccccc3)(c3ccccc3)c3ccccc3)CCC2SC(C)=O)CC1. The second-order valence-electron chi connectivity index (χ2n) is 11.3. The van der Waals surface area contributed by atoms with Gasteiger partial charge in [-0.1, -0.05) is 109 Å². The van der Waals surface area contributed by atoms with Crippen molar-refractivity contribution in [3.63, 3.8) is 0 Å². The fourth-order valence-electron chi connectivity index (χ4n) is 6.70. The molecule has 2 fully saturated rings. The number of thioether (sulfide) groups is 1. The maximum atomic E-state index is 12.4. The van der Waals surface area contributed by atoms with Gasteiger partial charge in [-0.2, -0.15) is 0 Å². The topological polar surface area (TPSA) is 49.9 Å². The molecule has 0 spiro atoms. The summed E-state index contributed by atoms with van der Waals surface area (Å²) < 4.78 is 5.16. The van der Waals surface area contributed by atoms with E-state index in [1.165, 1.54) is 34.0 Å². The van der Waals surface area contributed by atoms with Gasteiger partial charge in [-0.25, -0.2) is 0 Å². The van der Waals surface area contributed by atoms with Gasteiger partial charge < -0.3 is 4.74 Å². The Morgan fingerprint density at radius 3 is 1.83 bits per heavy atom. The van der Waals surface area contributed by atoms with Gasteiger partial charge in [-0.05, 0) is 67.5 Å². The molecule has 1 atom stereocenters. The van der Waals surface area contributed by atoms with Crippen molar-refractivity contribution in [1.29, 1.82) is 0 Å². The highest BCUT2D eigenvalue weighted by Crippen LogP contribution is 2.45. The highest BCUT2D eigenvalue weighted by Gasteiger charge is 2.44. The molecule has 0 aromatic heterocycles. The molecule has 0 amide bonds. The second-order valence-corrected chi connectivity index (χ2v) is 12.7. The molecular formula is C36H42N2O3S. The van der Waals surface area contributed by atoms with Crippen molar-refractivity contribution >= 4 is 22.8 Å². The third kappa shape index (κ3) is 6.88. The van der Waals surface area contributed by atoms with E-state index in [-0.39, 0.29) is 16.3 Å². The molecule has 2 aliphatic rings. The smallest absolute Gasteiger partial charge is 0.320 e. The maximum Gasteiger partial charge on any atom is 0.320 e. The lowest BCUT2D eigenvalue weighted by atomic mass is 9.74. The van der Waals surface area contributed by atoms with Crippen molar-refractivity contribution in [2.45, 2.75) is 43.9 Å². The zero-order valence-electron chi connectivity index (χ0n) is 24.8. The van der Waals surface area contributed by atoms with Crippen LogP contribution >= 0.6 is 11.8 Å². The average molecular weight is 583 g/mol. The molecule has 0 radical (unpaired) electrons. The van der Waals surface area contributed by atoms with Gasteiger partial charge in [-0.15, -0.1) is 0 Å². The molecule has 6 heteroatoms. The highest BCUT2D eigenvalue weighted by atomic mass is 32.2.